The number of fused-ring (bicyclic) bond motifs is 1. The Morgan fingerprint density at radius 2 is 1.98 bits per heavy atom. The van der Waals surface area contributed by atoms with Gasteiger partial charge >= 0.3 is 0 Å². The summed E-state index contributed by atoms with van der Waals surface area (Å²) in [5, 5.41) is 5.94. The molecule has 40 heavy (non-hydrogen) atoms. The molecule has 1 aliphatic carbocycles. The highest BCUT2D eigenvalue weighted by Gasteiger charge is 2.39. The van der Waals surface area contributed by atoms with E-state index in [-0.39, 0.29) is 23.6 Å². The number of nitrogen functional groups attached to an aromatic ring is 2. The van der Waals surface area contributed by atoms with Crippen molar-refractivity contribution in [1.29, 1.82) is 0 Å². The Hall–Kier alpha value is -4.73. The molecular formula is C30H32N6O4. The van der Waals surface area contributed by atoms with E-state index in [9.17, 15) is 9.59 Å². The fourth-order valence-corrected chi connectivity index (χ4v) is 5.46. The van der Waals surface area contributed by atoms with Gasteiger partial charge in [0.05, 0.1) is 26.5 Å². The van der Waals surface area contributed by atoms with Gasteiger partial charge in [0.25, 0.3) is 5.91 Å². The lowest BCUT2D eigenvalue weighted by atomic mass is 9.78. The number of nitrogens with zero attached hydrogens (tertiary/aromatic N) is 4. The number of nitrogens with two attached hydrogens (primary N) is 2. The van der Waals surface area contributed by atoms with Gasteiger partial charge in [-0.15, -0.1) is 0 Å². The molecule has 2 heterocycles. The monoisotopic (exact) mass is 540 g/mol. The van der Waals surface area contributed by atoms with E-state index in [4.69, 9.17) is 20.9 Å². The number of ether oxygens (including phenoxy) is 2. The Balaban J connectivity index is 1.47. The molecule has 2 aromatic carbocycles. The van der Waals surface area contributed by atoms with Gasteiger partial charge in [-0.1, -0.05) is 30.7 Å². The van der Waals surface area contributed by atoms with Crippen LogP contribution in [-0.2, 0) is 16.0 Å². The first-order valence-corrected chi connectivity index (χ1v) is 13.2. The molecule has 5 rings (SSSR count). The lowest BCUT2D eigenvalue weighted by Crippen LogP contribution is -2.40. The summed E-state index contributed by atoms with van der Waals surface area (Å²) < 4.78 is 11.2. The van der Waals surface area contributed by atoms with E-state index in [1.54, 1.807) is 32.7 Å². The molecule has 10 heteroatoms. The molecule has 1 unspecified atom stereocenters. The van der Waals surface area contributed by atoms with Gasteiger partial charge in [0, 0.05) is 42.2 Å². The number of methoxy groups -OCH3 is 2. The number of carbonyl (C=O) groups is 2. The zero-order chi connectivity index (χ0) is 28.2. The molecule has 0 saturated heterocycles. The minimum absolute atomic E-state index is 0.104. The summed E-state index contributed by atoms with van der Waals surface area (Å²) in [6, 6.07) is 11.1. The molecule has 0 bridgehead atoms. The Labute approximate surface area is 232 Å². The van der Waals surface area contributed by atoms with Gasteiger partial charge in [-0.05, 0) is 47.7 Å². The second-order valence-electron chi connectivity index (χ2n) is 9.89. The zero-order valence-electron chi connectivity index (χ0n) is 22.5. The number of amides is 1. The summed E-state index contributed by atoms with van der Waals surface area (Å²) in [5.74, 6) is 0.913. The molecule has 1 aliphatic heterocycles. The SMILES string of the molecule is COc1cc(Cc2cnc(N)nc2N)cc(/C=C/C(=O)N2N=Cc3ccccc3C2[C@@H]2CCCCC2=O)c1OC. The lowest BCUT2D eigenvalue weighted by Gasteiger charge is -2.37. The number of ketones is 1. The van der Waals surface area contributed by atoms with E-state index in [0.717, 1.165) is 36.0 Å². The van der Waals surface area contributed by atoms with Crippen LogP contribution in [0.5, 0.6) is 11.5 Å². The quantitative estimate of drug-likeness (QED) is 0.429. The standard InChI is InChI=1S/C30H32N6O4/c1-39-25-15-18(14-21-16-33-30(32)35-29(21)31)13-19(28(25)40-2)11-12-26(38)36-27(23-9-5-6-10-24(23)37)22-8-4-3-7-20(22)17-34-36/h3-4,7-8,11-13,15-17,23,27H,5-6,9-10,14H2,1-2H3,(H4,31,32,33,35)/b12-11+/t23-,27?/m1/s1. The van der Waals surface area contributed by atoms with Crippen LogP contribution in [0.4, 0.5) is 11.8 Å². The van der Waals surface area contributed by atoms with Crippen molar-refractivity contribution in [3.05, 3.63) is 76.5 Å². The first-order chi connectivity index (χ1) is 19.4. The number of benzene rings is 2. The van der Waals surface area contributed by atoms with Crippen LogP contribution in [0.25, 0.3) is 6.08 Å². The largest absolute Gasteiger partial charge is 0.493 e. The number of anilines is 2. The van der Waals surface area contributed by atoms with E-state index >= 15 is 0 Å². The van der Waals surface area contributed by atoms with Crippen LogP contribution in [0.1, 0.15) is 59.5 Å². The Morgan fingerprint density at radius 1 is 1.15 bits per heavy atom. The Bertz CT molecular complexity index is 1500. The van der Waals surface area contributed by atoms with Gasteiger partial charge in [0.2, 0.25) is 5.95 Å². The van der Waals surface area contributed by atoms with Crippen LogP contribution in [0.2, 0.25) is 0 Å². The Kier molecular flexibility index (Phi) is 7.77. The third-order valence-corrected chi connectivity index (χ3v) is 7.39. The van der Waals surface area contributed by atoms with Gasteiger partial charge in [-0.2, -0.15) is 10.1 Å². The molecular weight excluding hydrogens is 508 g/mol. The average Bonchev–Trinajstić information content (AvgIpc) is 2.96. The van der Waals surface area contributed by atoms with Crippen molar-refractivity contribution in [2.24, 2.45) is 11.0 Å². The molecule has 1 fully saturated rings. The van der Waals surface area contributed by atoms with Crippen molar-refractivity contribution in [3.8, 4) is 11.5 Å². The van der Waals surface area contributed by atoms with E-state index < -0.39 is 6.04 Å². The molecule has 2 aliphatic rings. The van der Waals surface area contributed by atoms with Crippen molar-refractivity contribution in [2.45, 2.75) is 38.1 Å². The third-order valence-electron chi connectivity index (χ3n) is 7.39. The summed E-state index contributed by atoms with van der Waals surface area (Å²) in [5.41, 5.74) is 15.7. The molecule has 10 nitrogen and oxygen atoms in total. The summed E-state index contributed by atoms with van der Waals surface area (Å²) in [6.07, 6.45) is 9.89. The van der Waals surface area contributed by atoms with Gasteiger partial charge < -0.3 is 20.9 Å². The predicted molar refractivity (Wildman–Crippen MR) is 153 cm³/mol. The highest BCUT2D eigenvalue weighted by Crippen LogP contribution is 2.40. The molecule has 1 saturated carbocycles. The number of rotatable bonds is 7. The third kappa shape index (κ3) is 5.38. The molecule has 4 N–H and O–H groups in total. The molecule has 1 amide bonds. The average molecular weight is 541 g/mol. The van der Waals surface area contributed by atoms with Gasteiger partial charge in [0.1, 0.15) is 11.6 Å². The predicted octanol–water partition coefficient (Wildman–Crippen LogP) is 3.94. The highest BCUT2D eigenvalue weighted by atomic mass is 16.5. The second kappa shape index (κ2) is 11.6. The fourth-order valence-electron chi connectivity index (χ4n) is 5.46. The molecule has 1 aromatic heterocycles. The van der Waals surface area contributed by atoms with E-state index in [0.29, 0.717) is 41.3 Å². The second-order valence-corrected chi connectivity index (χ2v) is 9.89. The van der Waals surface area contributed by atoms with E-state index in [1.165, 1.54) is 11.1 Å². The maximum atomic E-state index is 13.6. The molecule has 3 aromatic rings. The van der Waals surface area contributed by atoms with Gasteiger partial charge in [0.15, 0.2) is 11.5 Å². The topological polar surface area (TPSA) is 146 Å². The van der Waals surface area contributed by atoms with Crippen LogP contribution in [0.15, 0.2) is 53.8 Å². The van der Waals surface area contributed by atoms with Crippen molar-refractivity contribution >= 4 is 35.7 Å². The number of Topliss-reactive ketones (excluding diaryl/α,β-unsaturated/α-hetero) is 1. The highest BCUT2D eigenvalue weighted by molar-refractivity contribution is 5.96. The van der Waals surface area contributed by atoms with Crippen molar-refractivity contribution < 1.29 is 19.1 Å². The molecule has 206 valence electrons. The number of aromatic nitrogens is 2. The van der Waals surface area contributed by atoms with Gasteiger partial charge in [-0.25, -0.2) is 9.99 Å². The molecule has 0 radical (unpaired) electrons. The van der Waals surface area contributed by atoms with Crippen LogP contribution >= 0.6 is 0 Å². The van der Waals surface area contributed by atoms with Crippen LogP contribution in [0, 0.1) is 5.92 Å². The summed E-state index contributed by atoms with van der Waals surface area (Å²) in [7, 11) is 3.09. The molecule has 2 atom stereocenters. The first-order valence-electron chi connectivity index (χ1n) is 13.2. The summed E-state index contributed by atoms with van der Waals surface area (Å²) in [4.78, 5) is 34.7. The smallest absolute Gasteiger partial charge is 0.267 e. The minimum atomic E-state index is -0.456. The van der Waals surface area contributed by atoms with E-state index in [2.05, 4.69) is 15.1 Å². The fraction of sp³-hybridized carbons (Fsp3) is 0.300. The van der Waals surface area contributed by atoms with Gasteiger partial charge in [-0.3, -0.25) is 9.59 Å². The number of carbonyl (C=O) groups excluding carboxylic acids is 2. The van der Waals surface area contributed by atoms with Crippen LogP contribution < -0.4 is 20.9 Å². The number of hydrogen-bond donors (Lipinski definition) is 2. The maximum Gasteiger partial charge on any atom is 0.267 e. The summed E-state index contributed by atoms with van der Waals surface area (Å²) in [6.45, 7) is 0. The zero-order valence-corrected chi connectivity index (χ0v) is 22.5. The minimum Gasteiger partial charge on any atom is -0.493 e. The van der Waals surface area contributed by atoms with Crippen molar-refractivity contribution in [1.82, 2.24) is 15.0 Å². The van der Waals surface area contributed by atoms with Crippen LogP contribution in [0.3, 0.4) is 0 Å². The first kappa shape index (κ1) is 26.9. The Morgan fingerprint density at radius 3 is 2.73 bits per heavy atom. The number of hydrogen-bond acceptors (Lipinski definition) is 9. The van der Waals surface area contributed by atoms with Crippen LogP contribution in [-0.4, -0.2) is 47.1 Å². The van der Waals surface area contributed by atoms with E-state index in [1.807, 2.05) is 36.4 Å². The number of hydrazone groups is 1. The van der Waals surface area contributed by atoms with Crippen molar-refractivity contribution in [3.63, 3.8) is 0 Å². The lowest BCUT2D eigenvalue weighted by molar-refractivity contribution is -0.134. The molecule has 0 spiro atoms. The van der Waals surface area contributed by atoms with Crippen molar-refractivity contribution in [2.75, 3.05) is 25.7 Å². The summed E-state index contributed by atoms with van der Waals surface area (Å²) >= 11 is 0. The normalized spacial score (nSPS) is 18.6. The maximum absolute atomic E-state index is 13.6.